The molecule has 2 bridgehead atoms. The molecule has 5 rings (SSSR count). The second-order valence-electron chi connectivity index (χ2n) is 7.01. The fourth-order valence-corrected chi connectivity index (χ4v) is 4.89. The number of nitrogens with one attached hydrogen (secondary N) is 2. The molecule has 1 aromatic rings. The maximum atomic E-state index is 4.67. The summed E-state index contributed by atoms with van der Waals surface area (Å²) in [5.74, 6) is 2.49. The zero-order valence-corrected chi connectivity index (χ0v) is 13.7. The lowest BCUT2D eigenvalue weighted by Crippen LogP contribution is -2.64. The number of anilines is 1. The van der Waals surface area contributed by atoms with Crippen molar-refractivity contribution in [3.8, 4) is 0 Å². The van der Waals surface area contributed by atoms with E-state index in [1.54, 1.807) is 11.3 Å². The van der Waals surface area contributed by atoms with E-state index >= 15 is 0 Å². The quantitative estimate of drug-likeness (QED) is 0.901. The van der Waals surface area contributed by atoms with Gasteiger partial charge in [0.1, 0.15) is 5.82 Å². The zero-order chi connectivity index (χ0) is 14.4. The molecule has 5 heteroatoms. The lowest BCUT2D eigenvalue weighted by atomic mass is 9.72. The molecule has 1 atom stereocenters. The largest absolute Gasteiger partial charge is 0.365 e. The molecule has 4 nitrogen and oxygen atoms in total. The van der Waals surface area contributed by atoms with Crippen LogP contribution in [-0.4, -0.2) is 35.1 Å². The van der Waals surface area contributed by atoms with Crippen molar-refractivity contribution in [3.63, 3.8) is 0 Å². The third-order valence-corrected chi connectivity index (χ3v) is 6.06. The molecule has 3 saturated heterocycles. The van der Waals surface area contributed by atoms with Crippen LogP contribution < -0.4 is 10.6 Å². The standard InChI is InChI=1S/C16H24N4S/c1-11(2)13-9-21-15(17-13)18-14-3-6-16(19-14)10-20-7-4-12(16)5-8-20/h3,9,11-12,19H,4-8,10H2,1-2H3,(H,17,18). The van der Waals surface area contributed by atoms with Crippen molar-refractivity contribution in [2.75, 3.05) is 25.0 Å². The van der Waals surface area contributed by atoms with Crippen molar-refractivity contribution >= 4 is 16.5 Å². The molecule has 1 spiro atoms. The molecule has 21 heavy (non-hydrogen) atoms. The summed E-state index contributed by atoms with van der Waals surface area (Å²) in [6, 6.07) is 0. The van der Waals surface area contributed by atoms with Gasteiger partial charge in [0, 0.05) is 11.9 Å². The Balaban J connectivity index is 1.44. The van der Waals surface area contributed by atoms with E-state index in [0.29, 0.717) is 5.92 Å². The van der Waals surface area contributed by atoms with Crippen LogP contribution >= 0.6 is 11.3 Å². The number of fused-ring (bicyclic) bond motifs is 2. The molecule has 5 heterocycles. The van der Waals surface area contributed by atoms with Crippen LogP contribution in [-0.2, 0) is 0 Å². The first kappa shape index (κ1) is 13.6. The molecule has 114 valence electrons. The van der Waals surface area contributed by atoms with Gasteiger partial charge in [-0.05, 0) is 50.3 Å². The summed E-state index contributed by atoms with van der Waals surface area (Å²) in [6.45, 7) is 8.17. The predicted octanol–water partition coefficient (Wildman–Crippen LogP) is 2.98. The van der Waals surface area contributed by atoms with Crippen LogP contribution in [0.25, 0.3) is 0 Å². The molecule has 4 aliphatic rings. The van der Waals surface area contributed by atoms with Crippen molar-refractivity contribution in [3.05, 3.63) is 23.0 Å². The van der Waals surface area contributed by atoms with Gasteiger partial charge in [-0.1, -0.05) is 13.8 Å². The maximum absolute atomic E-state index is 4.67. The van der Waals surface area contributed by atoms with Crippen molar-refractivity contribution in [1.29, 1.82) is 0 Å². The molecule has 1 unspecified atom stereocenters. The Morgan fingerprint density at radius 1 is 1.43 bits per heavy atom. The number of piperidine rings is 3. The number of rotatable bonds is 3. The van der Waals surface area contributed by atoms with Gasteiger partial charge in [-0.2, -0.15) is 0 Å². The first-order valence-electron chi connectivity index (χ1n) is 8.08. The minimum atomic E-state index is 0.289. The summed E-state index contributed by atoms with van der Waals surface area (Å²) < 4.78 is 0. The van der Waals surface area contributed by atoms with E-state index in [0.717, 1.165) is 23.3 Å². The maximum Gasteiger partial charge on any atom is 0.188 e. The van der Waals surface area contributed by atoms with Crippen LogP contribution in [0.2, 0.25) is 0 Å². The second-order valence-corrected chi connectivity index (χ2v) is 7.87. The number of hydrogen-bond donors (Lipinski definition) is 2. The van der Waals surface area contributed by atoms with Gasteiger partial charge in [0.2, 0.25) is 0 Å². The van der Waals surface area contributed by atoms with Crippen molar-refractivity contribution in [2.45, 2.75) is 44.6 Å². The molecular weight excluding hydrogens is 280 g/mol. The van der Waals surface area contributed by atoms with Gasteiger partial charge < -0.3 is 15.5 Å². The van der Waals surface area contributed by atoms with E-state index in [-0.39, 0.29) is 5.54 Å². The average Bonchev–Trinajstić information content (AvgIpc) is 3.09. The minimum Gasteiger partial charge on any atom is -0.365 e. The van der Waals surface area contributed by atoms with E-state index in [1.807, 2.05) is 0 Å². The SMILES string of the molecule is CC(C)c1csc(NC2=CCC3(CN4CCC3CC4)N2)n1. The van der Waals surface area contributed by atoms with Gasteiger partial charge in [0.25, 0.3) is 0 Å². The summed E-state index contributed by atoms with van der Waals surface area (Å²) >= 11 is 1.70. The van der Waals surface area contributed by atoms with Gasteiger partial charge in [-0.15, -0.1) is 11.3 Å². The third kappa shape index (κ3) is 2.36. The van der Waals surface area contributed by atoms with Gasteiger partial charge in [-0.3, -0.25) is 0 Å². The highest BCUT2D eigenvalue weighted by Crippen LogP contribution is 2.41. The van der Waals surface area contributed by atoms with E-state index in [2.05, 4.69) is 45.8 Å². The molecule has 0 radical (unpaired) electrons. The molecule has 0 amide bonds. The molecule has 0 aromatic carbocycles. The molecule has 1 aromatic heterocycles. The first-order chi connectivity index (χ1) is 10.1. The summed E-state index contributed by atoms with van der Waals surface area (Å²) in [4.78, 5) is 7.29. The summed E-state index contributed by atoms with van der Waals surface area (Å²) in [6.07, 6.45) is 6.18. The van der Waals surface area contributed by atoms with Crippen LogP contribution in [0.4, 0.5) is 5.13 Å². The Morgan fingerprint density at radius 2 is 2.24 bits per heavy atom. The normalized spacial score (nSPS) is 34.3. The van der Waals surface area contributed by atoms with E-state index in [1.165, 1.54) is 38.2 Å². The smallest absolute Gasteiger partial charge is 0.188 e. The fraction of sp³-hybridized carbons (Fsp3) is 0.688. The topological polar surface area (TPSA) is 40.2 Å². The zero-order valence-electron chi connectivity index (χ0n) is 12.9. The Bertz CT molecular complexity index is 556. The summed E-state index contributed by atoms with van der Waals surface area (Å²) in [5.41, 5.74) is 1.47. The average molecular weight is 304 g/mol. The van der Waals surface area contributed by atoms with E-state index in [9.17, 15) is 0 Å². The third-order valence-electron chi connectivity index (χ3n) is 5.28. The Morgan fingerprint density at radius 3 is 2.86 bits per heavy atom. The predicted molar refractivity (Wildman–Crippen MR) is 87.6 cm³/mol. The highest BCUT2D eigenvalue weighted by Gasteiger charge is 2.48. The lowest BCUT2D eigenvalue weighted by molar-refractivity contribution is 0.0189. The lowest BCUT2D eigenvalue weighted by Gasteiger charge is -2.52. The Labute approximate surface area is 130 Å². The molecule has 2 N–H and O–H groups in total. The molecule has 4 aliphatic heterocycles. The van der Waals surface area contributed by atoms with Crippen LogP contribution in [0.1, 0.15) is 44.7 Å². The monoisotopic (exact) mass is 304 g/mol. The Kier molecular flexibility index (Phi) is 3.23. The molecule has 0 aliphatic carbocycles. The van der Waals surface area contributed by atoms with Gasteiger partial charge in [-0.25, -0.2) is 4.98 Å². The van der Waals surface area contributed by atoms with Gasteiger partial charge in [0.15, 0.2) is 5.13 Å². The second kappa shape index (κ2) is 4.99. The molecule has 3 fully saturated rings. The number of hydrogen-bond acceptors (Lipinski definition) is 5. The highest BCUT2D eigenvalue weighted by atomic mass is 32.1. The van der Waals surface area contributed by atoms with Gasteiger partial charge >= 0.3 is 0 Å². The van der Waals surface area contributed by atoms with Crippen LogP contribution in [0.5, 0.6) is 0 Å². The van der Waals surface area contributed by atoms with Gasteiger partial charge in [0.05, 0.1) is 11.2 Å². The van der Waals surface area contributed by atoms with Crippen LogP contribution in [0, 0.1) is 5.92 Å². The summed E-state index contributed by atoms with van der Waals surface area (Å²) in [7, 11) is 0. The van der Waals surface area contributed by atoms with E-state index in [4.69, 9.17) is 0 Å². The first-order valence-corrected chi connectivity index (χ1v) is 8.96. The molecular formula is C16H24N4S. The fourth-order valence-electron chi connectivity index (χ4n) is 4.01. The summed E-state index contributed by atoms with van der Waals surface area (Å²) in [5, 5.41) is 10.5. The number of thiazole rings is 1. The highest BCUT2D eigenvalue weighted by molar-refractivity contribution is 7.13. The van der Waals surface area contributed by atoms with Crippen LogP contribution in [0.15, 0.2) is 17.3 Å². The Hall–Kier alpha value is -1.07. The van der Waals surface area contributed by atoms with Crippen LogP contribution in [0.3, 0.4) is 0 Å². The van der Waals surface area contributed by atoms with Crippen molar-refractivity contribution < 1.29 is 0 Å². The van der Waals surface area contributed by atoms with E-state index < -0.39 is 0 Å². The molecule has 0 saturated carbocycles. The van der Waals surface area contributed by atoms with Crippen molar-refractivity contribution in [1.82, 2.24) is 15.2 Å². The number of aromatic nitrogens is 1. The minimum absolute atomic E-state index is 0.289. The van der Waals surface area contributed by atoms with Crippen molar-refractivity contribution in [2.24, 2.45) is 5.92 Å². The number of nitrogens with zero attached hydrogens (tertiary/aromatic N) is 2.